The Kier molecular flexibility index (Phi) is 34.0. The monoisotopic (exact) mass is 912 g/mol. The summed E-state index contributed by atoms with van der Waals surface area (Å²) in [7, 11) is -17.6. The summed E-state index contributed by atoms with van der Waals surface area (Å²) in [5.41, 5.74) is -1.60. The Balaban J connectivity index is 5.57. The average Bonchev–Trinajstić information content (AvgIpc) is 3.16. The smallest absolute Gasteiger partial charge is 0.378 e. The Morgan fingerprint density at radius 2 is 0.724 bits per heavy atom. The van der Waals surface area contributed by atoms with Gasteiger partial charge in [-0.3, -0.25) is 36.2 Å². The highest BCUT2D eigenvalue weighted by Crippen LogP contribution is 2.46. The zero-order valence-corrected chi connectivity index (χ0v) is 37.1. The van der Waals surface area contributed by atoms with Gasteiger partial charge in [0.1, 0.15) is 5.60 Å². The van der Waals surface area contributed by atoms with E-state index in [0.717, 1.165) is 0 Å². The second-order valence-corrected chi connectivity index (χ2v) is 18.3. The molecule has 0 aromatic rings. The first-order valence-corrected chi connectivity index (χ1v) is 25.1. The molecule has 4 N–H and O–H groups in total. The van der Waals surface area contributed by atoms with Crippen LogP contribution in [0.25, 0.3) is 0 Å². The van der Waals surface area contributed by atoms with E-state index in [2.05, 4.69) is 17.8 Å². The molecule has 0 amide bonds. The van der Waals surface area contributed by atoms with Gasteiger partial charge >= 0.3 is 31.3 Å². The minimum absolute atomic E-state index is 0.0172. The summed E-state index contributed by atoms with van der Waals surface area (Å²) in [5, 5.41) is 0. The predicted molar refractivity (Wildman–Crippen MR) is 214 cm³/mol. The summed E-state index contributed by atoms with van der Waals surface area (Å²) in [6.07, 6.45) is 21.8. The van der Waals surface area contributed by atoms with Crippen LogP contribution in [-0.2, 0) is 68.7 Å². The second kappa shape index (κ2) is 34.6. The van der Waals surface area contributed by atoms with E-state index in [9.17, 15) is 37.8 Å². The van der Waals surface area contributed by atoms with Crippen molar-refractivity contribution in [3.63, 3.8) is 0 Å². The van der Waals surface area contributed by atoms with E-state index in [1.165, 1.54) is 0 Å². The molecule has 0 heterocycles. The van der Waals surface area contributed by atoms with E-state index in [4.69, 9.17) is 69.7 Å². The maximum Gasteiger partial charge on any atom is 0.472 e. The van der Waals surface area contributed by atoms with Gasteiger partial charge < -0.3 is 33.8 Å². The molecule has 0 rings (SSSR count). The van der Waals surface area contributed by atoms with Crippen LogP contribution in [0.5, 0.6) is 0 Å². The summed E-state index contributed by atoms with van der Waals surface area (Å²) in [6, 6.07) is 0. The molecule has 0 aromatic heterocycles. The van der Waals surface area contributed by atoms with Crippen molar-refractivity contribution in [2.75, 3.05) is 85.9 Å². The van der Waals surface area contributed by atoms with Crippen molar-refractivity contribution in [2.24, 2.45) is 0 Å². The lowest BCUT2D eigenvalue weighted by molar-refractivity contribution is -0.157. The highest BCUT2D eigenvalue weighted by Gasteiger charge is 2.37. The molecule has 0 bridgehead atoms. The van der Waals surface area contributed by atoms with Crippen LogP contribution in [0.2, 0.25) is 0 Å². The van der Waals surface area contributed by atoms with Crippen LogP contribution in [0, 0.1) is 37.0 Å². The van der Waals surface area contributed by atoms with Crippen molar-refractivity contribution in [2.45, 2.75) is 102 Å². The van der Waals surface area contributed by atoms with Crippen LogP contribution in [0.3, 0.4) is 0 Å². The number of unbranched alkanes of at least 4 members (excludes halogenated alkanes) is 7. The Hall–Kier alpha value is -1.00. The predicted octanol–water partition coefficient (Wildman–Crippen LogP) is 6.69. The molecule has 4 atom stereocenters. The van der Waals surface area contributed by atoms with Gasteiger partial charge in [0.25, 0.3) is 0 Å². The minimum atomic E-state index is -4.59. The van der Waals surface area contributed by atoms with Crippen molar-refractivity contribution in [1.29, 1.82) is 0 Å². The maximum absolute atomic E-state index is 12.7. The summed E-state index contributed by atoms with van der Waals surface area (Å²) < 4.78 is 107. The molecule has 23 heteroatoms. The fourth-order valence-corrected chi connectivity index (χ4v) is 7.39. The lowest BCUT2D eigenvalue weighted by Crippen LogP contribution is -2.47. The summed E-state index contributed by atoms with van der Waals surface area (Å²) in [4.78, 5) is 40.2. The van der Waals surface area contributed by atoms with Gasteiger partial charge in [0.15, 0.2) is 0 Å². The Bertz CT molecular complexity index is 1320. The van der Waals surface area contributed by atoms with Crippen molar-refractivity contribution in [3.05, 3.63) is 0 Å². The SMILES string of the molecule is C#CCCCCOP(=O)(O)OCCCOCC(COCCCOP(=O)(O)OCCCCC#C)(COP(=O)(O)OCCCC)OCCCOP(=O)(O)OCCCCC#C. The number of rotatable bonds is 42. The van der Waals surface area contributed by atoms with E-state index in [1.807, 2.05) is 6.92 Å². The summed E-state index contributed by atoms with van der Waals surface area (Å²) in [5.74, 6) is 7.40. The summed E-state index contributed by atoms with van der Waals surface area (Å²) in [6.45, 7) is -0.453. The number of hydrogen-bond donors (Lipinski definition) is 4. The zero-order valence-electron chi connectivity index (χ0n) is 33.5. The molecule has 0 aliphatic heterocycles. The molecule has 58 heavy (non-hydrogen) atoms. The van der Waals surface area contributed by atoms with Crippen molar-refractivity contribution >= 4 is 31.3 Å². The molecule has 338 valence electrons. The van der Waals surface area contributed by atoms with Crippen LogP contribution in [-0.4, -0.2) is 111 Å². The zero-order chi connectivity index (χ0) is 43.5. The molecule has 0 saturated heterocycles. The molecule has 4 unspecified atom stereocenters. The van der Waals surface area contributed by atoms with E-state index in [0.29, 0.717) is 70.6 Å². The van der Waals surface area contributed by atoms with Gasteiger partial charge in [0.05, 0.1) is 66.1 Å². The van der Waals surface area contributed by atoms with Crippen molar-refractivity contribution in [1.82, 2.24) is 0 Å². The highest BCUT2D eigenvalue weighted by atomic mass is 31.2. The normalized spacial score (nSPS) is 16.8. The Morgan fingerprint density at radius 1 is 0.414 bits per heavy atom. The molecule has 0 radical (unpaired) electrons. The fraction of sp³-hybridized carbons (Fsp3) is 0.829. The molecule has 0 saturated carbocycles. The average molecular weight is 913 g/mol. The molecule has 19 nitrogen and oxygen atoms in total. The van der Waals surface area contributed by atoms with E-state index < -0.39 is 43.5 Å². The molecule has 0 fully saturated rings. The lowest BCUT2D eigenvalue weighted by Gasteiger charge is -2.33. The molecule has 0 spiro atoms. The number of hydrogen-bond acceptors (Lipinski definition) is 15. The highest BCUT2D eigenvalue weighted by molar-refractivity contribution is 7.48. The number of terminal acetylenes is 3. The van der Waals surface area contributed by atoms with Gasteiger partial charge in [0, 0.05) is 39.1 Å². The van der Waals surface area contributed by atoms with E-state index >= 15 is 0 Å². The van der Waals surface area contributed by atoms with E-state index in [1.54, 1.807) is 0 Å². The topological polar surface area (TPSA) is 251 Å². The Morgan fingerprint density at radius 3 is 1.07 bits per heavy atom. The van der Waals surface area contributed by atoms with Crippen molar-refractivity contribution in [3.8, 4) is 37.0 Å². The van der Waals surface area contributed by atoms with Gasteiger partial charge in [-0.1, -0.05) is 13.3 Å². The first kappa shape index (κ1) is 57.0. The largest absolute Gasteiger partial charge is 0.472 e. The Labute approximate surface area is 344 Å². The maximum atomic E-state index is 12.7. The lowest BCUT2D eigenvalue weighted by atomic mass is 10.1. The fourth-order valence-electron chi connectivity index (χ4n) is 4.18. The third-order valence-electron chi connectivity index (χ3n) is 7.21. The van der Waals surface area contributed by atoms with Crippen LogP contribution in [0.1, 0.15) is 96.8 Å². The van der Waals surface area contributed by atoms with Crippen molar-refractivity contribution < 1.29 is 88.2 Å². The molecule has 0 aliphatic carbocycles. The quantitative estimate of drug-likeness (QED) is 0.0283. The van der Waals surface area contributed by atoms with Crippen LogP contribution < -0.4 is 0 Å². The first-order valence-electron chi connectivity index (χ1n) is 19.1. The van der Waals surface area contributed by atoms with Crippen LogP contribution in [0.15, 0.2) is 0 Å². The van der Waals surface area contributed by atoms with Gasteiger partial charge in [-0.15, -0.1) is 37.0 Å². The second-order valence-electron chi connectivity index (χ2n) is 12.5. The van der Waals surface area contributed by atoms with Crippen LogP contribution >= 0.6 is 31.3 Å². The van der Waals surface area contributed by atoms with E-state index in [-0.39, 0.29) is 98.5 Å². The molecule has 0 aliphatic rings. The molecular weight excluding hydrogens is 848 g/mol. The third kappa shape index (κ3) is 34.7. The summed E-state index contributed by atoms with van der Waals surface area (Å²) >= 11 is 0. The van der Waals surface area contributed by atoms with Crippen LogP contribution in [0.4, 0.5) is 0 Å². The van der Waals surface area contributed by atoms with Gasteiger partial charge in [-0.2, -0.15) is 0 Å². The number of ether oxygens (including phenoxy) is 3. The first-order chi connectivity index (χ1) is 27.6. The number of phosphoric ester groups is 4. The minimum Gasteiger partial charge on any atom is -0.378 e. The molecular formula is C35H64O19P4. The third-order valence-corrected chi connectivity index (χ3v) is 11.2. The van der Waals surface area contributed by atoms with Gasteiger partial charge in [-0.05, 0) is 64.2 Å². The van der Waals surface area contributed by atoms with Gasteiger partial charge in [0.2, 0.25) is 0 Å². The standard InChI is InChI=1S/C35H64O19P4/c1-5-9-13-16-26-48-55(36,37)51-29-19-22-44-32-35(34-54-58(42,43)47-25-12-8-4,46-24-21-31-53-57(40,41)50-28-18-15-11-7-3)33-45-23-20-30-52-56(38,39)49-27-17-14-10-6-2/h1-3H,8-34H2,4H3,(H,36,37)(H,38,39)(H,40,41)(H,42,43). The van der Waals surface area contributed by atoms with Gasteiger partial charge in [-0.25, -0.2) is 18.3 Å². The number of phosphoric acid groups is 4. The molecule has 0 aromatic carbocycles.